The zero-order valence-corrected chi connectivity index (χ0v) is 11.7. The Balaban J connectivity index is 2.00. The second kappa shape index (κ2) is 6.28. The summed E-state index contributed by atoms with van der Waals surface area (Å²) in [5.41, 5.74) is 8.29. The van der Waals surface area contributed by atoms with Crippen molar-refractivity contribution in [2.45, 2.75) is 19.4 Å². The molecule has 0 saturated carbocycles. The van der Waals surface area contributed by atoms with Crippen LogP contribution in [0.15, 0.2) is 42.5 Å². The van der Waals surface area contributed by atoms with Gasteiger partial charge in [0, 0.05) is 5.69 Å². The molecule has 0 heterocycles. The first-order valence-corrected chi connectivity index (χ1v) is 6.59. The summed E-state index contributed by atoms with van der Waals surface area (Å²) in [6, 6.07) is 11.1. The molecule has 0 radical (unpaired) electrons. The lowest BCUT2D eigenvalue weighted by Gasteiger charge is -2.13. The van der Waals surface area contributed by atoms with Gasteiger partial charge in [-0.2, -0.15) is 0 Å². The third kappa shape index (κ3) is 3.97. The van der Waals surface area contributed by atoms with Gasteiger partial charge in [-0.05, 0) is 48.7 Å². The fourth-order valence-corrected chi connectivity index (χ4v) is 2.00. The van der Waals surface area contributed by atoms with Crippen LogP contribution in [0.3, 0.4) is 0 Å². The predicted molar refractivity (Wildman–Crippen MR) is 81.3 cm³/mol. The quantitative estimate of drug-likeness (QED) is 0.646. The van der Waals surface area contributed by atoms with Gasteiger partial charge in [0.2, 0.25) is 5.91 Å². The molecule has 110 valence electrons. The van der Waals surface area contributed by atoms with Gasteiger partial charge in [-0.15, -0.1) is 0 Å². The van der Waals surface area contributed by atoms with Crippen LogP contribution >= 0.6 is 0 Å². The first-order chi connectivity index (χ1) is 9.95. The number of hydrogen-bond donors (Lipinski definition) is 4. The Morgan fingerprint density at radius 1 is 1.19 bits per heavy atom. The highest BCUT2D eigenvalue weighted by molar-refractivity contribution is 5.94. The Hall–Kier alpha value is -2.53. The van der Waals surface area contributed by atoms with Crippen molar-refractivity contribution in [1.29, 1.82) is 0 Å². The van der Waals surface area contributed by atoms with Crippen molar-refractivity contribution in [2.24, 2.45) is 5.73 Å². The number of phenolic OH excluding ortho intramolecular Hbond substituents is 2. The molecule has 1 amide bonds. The van der Waals surface area contributed by atoms with Crippen molar-refractivity contribution in [1.82, 2.24) is 0 Å². The predicted octanol–water partition coefficient (Wildman–Crippen LogP) is 1.91. The molecule has 0 fully saturated rings. The molecule has 21 heavy (non-hydrogen) atoms. The second-order valence-electron chi connectivity index (χ2n) is 4.99. The van der Waals surface area contributed by atoms with E-state index in [0.717, 1.165) is 5.56 Å². The number of benzene rings is 2. The highest BCUT2D eigenvalue weighted by Gasteiger charge is 2.15. The maximum absolute atomic E-state index is 12.0. The molecular formula is C16H18N2O3. The Bertz CT molecular complexity index is 656. The SMILES string of the molecule is Cc1cccc(NC(=O)[C@@H](N)Cc2ccc(O)c(O)c2)c1. The van der Waals surface area contributed by atoms with E-state index in [2.05, 4.69) is 5.32 Å². The van der Waals surface area contributed by atoms with Gasteiger partial charge in [0.25, 0.3) is 0 Å². The van der Waals surface area contributed by atoms with E-state index in [-0.39, 0.29) is 23.8 Å². The van der Waals surface area contributed by atoms with E-state index in [1.165, 1.54) is 12.1 Å². The highest BCUT2D eigenvalue weighted by atomic mass is 16.3. The van der Waals surface area contributed by atoms with E-state index in [0.29, 0.717) is 11.3 Å². The molecule has 0 aliphatic carbocycles. The standard InChI is InChI=1S/C16H18N2O3/c1-10-3-2-4-12(7-10)18-16(21)13(17)8-11-5-6-14(19)15(20)9-11/h2-7,9,13,19-20H,8,17H2,1H3,(H,18,21)/t13-/m0/s1. The number of rotatable bonds is 4. The summed E-state index contributed by atoms with van der Waals surface area (Å²) in [6.45, 7) is 1.94. The zero-order chi connectivity index (χ0) is 15.4. The summed E-state index contributed by atoms with van der Waals surface area (Å²) in [6.07, 6.45) is 0.269. The molecule has 0 unspecified atom stereocenters. The number of anilines is 1. The number of aromatic hydroxyl groups is 2. The molecule has 2 aromatic rings. The van der Waals surface area contributed by atoms with Crippen molar-refractivity contribution in [3.63, 3.8) is 0 Å². The fraction of sp³-hybridized carbons (Fsp3) is 0.188. The summed E-state index contributed by atoms with van der Waals surface area (Å²) >= 11 is 0. The average Bonchev–Trinajstić information content (AvgIpc) is 2.43. The Morgan fingerprint density at radius 3 is 2.62 bits per heavy atom. The number of carbonyl (C=O) groups is 1. The second-order valence-corrected chi connectivity index (χ2v) is 4.99. The van der Waals surface area contributed by atoms with Gasteiger partial charge in [-0.3, -0.25) is 4.79 Å². The number of hydrogen-bond acceptors (Lipinski definition) is 4. The van der Waals surface area contributed by atoms with E-state index in [4.69, 9.17) is 5.73 Å². The molecule has 0 saturated heterocycles. The third-order valence-corrected chi connectivity index (χ3v) is 3.12. The molecule has 0 bridgehead atoms. The van der Waals surface area contributed by atoms with Crippen LogP contribution in [0.1, 0.15) is 11.1 Å². The van der Waals surface area contributed by atoms with Crippen LogP contribution in [0, 0.1) is 6.92 Å². The normalized spacial score (nSPS) is 11.9. The Kier molecular flexibility index (Phi) is 4.45. The number of phenols is 2. The molecule has 2 rings (SSSR count). The fourth-order valence-electron chi connectivity index (χ4n) is 2.00. The lowest BCUT2D eigenvalue weighted by atomic mass is 10.1. The molecule has 5 nitrogen and oxygen atoms in total. The van der Waals surface area contributed by atoms with Gasteiger partial charge >= 0.3 is 0 Å². The molecule has 0 spiro atoms. The number of carbonyl (C=O) groups excluding carboxylic acids is 1. The average molecular weight is 286 g/mol. The molecule has 1 atom stereocenters. The van der Waals surface area contributed by atoms with Crippen molar-refractivity contribution >= 4 is 11.6 Å². The van der Waals surface area contributed by atoms with Gasteiger partial charge in [0.05, 0.1) is 6.04 Å². The topological polar surface area (TPSA) is 95.6 Å². The zero-order valence-electron chi connectivity index (χ0n) is 11.7. The smallest absolute Gasteiger partial charge is 0.241 e. The first-order valence-electron chi connectivity index (χ1n) is 6.59. The molecule has 2 aromatic carbocycles. The highest BCUT2D eigenvalue weighted by Crippen LogP contribution is 2.25. The minimum absolute atomic E-state index is 0.198. The Labute approximate surface area is 123 Å². The maximum atomic E-state index is 12.0. The van der Waals surface area contributed by atoms with Crippen molar-refractivity contribution in [3.05, 3.63) is 53.6 Å². The van der Waals surface area contributed by atoms with Gasteiger partial charge < -0.3 is 21.3 Å². The number of nitrogens with two attached hydrogens (primary N) is 1. The first kappa shape index (κ1) is 14.9. The van der Waals surface area contributed by atoms with Gasteiger partial charge in [0.15, 0.2) is 11.5 Å². The summed E-state index contributed by atoms with van der Waals surface area (Å²) in [5.74, 6) is -0.719. The van der Waals surface area contributed by atoms with Crippen LogP contribution in [-0.4, -0.2) is 22.2 Å². The van der Waals surface area contributed by atoms with Crippen LogP contribution in [0.2, 0.25) is 0 Å². The number of amides is 1. The number of nitrogens with one attached hydrogen (secondary N) is 1. The summed E-state index contributed by atoms with van der Waals surface area (Å²) in [5, 5.41) is 21.4. The lowest BCUT2D eigenvalue weighted by molar-refractivity contribution is -0.117. The molecule has 5 N–H and O–H groups in total. The largest absolute Gasteiger partial charge is 0.504 e. The minimum Gasteiger partial charge on any atom is -0.504 e. The number of aryl methyl sites for hydroxylation is 1. The monoisotopic (exact) mass is 286 g/mol. The van der Waals surface area contributed by atoms with Gasteiger partial charge in [-0.25, -0.2) is 0 Å². The van der Waals surface area contributed by atoms with Crippen molar-refractivity contribution < 1.29 is 15.0 Å². The van der Waals surface area contributed by atoms with Gasteiger partial charge in [0.1, 0.15) is 0 Å². The van der Waals surface area contributed by atoms with Crippen LogP contribution in [0.25, 0.3) is 0 Å². The van der Waals surface area contributed by atoms with E-state index in [9.17, 15) is 15.0 Å². The minimum atomic E-state index is -0.741. The summed E-state index contributed by atoms with van der Waals surface area (Å²) < 4.78 is 0. The van der Waals surface area contributed by atoms with E-state index < -0.39 is 6.04 Å². The molecule has 0 aliphatic heterocycles. The van der Waals surface area contributed by atoms with Crippen LogP contribution in [-0.2, 0) is 11.2 Å². The maximum Gasteiger partial charge on any atom is 0.241 e. The van der Waals surface area contributed by atoms with Crippen molar-refractivity contribution in [2.75, 3.05) is 5.32 Å². The summed E-state index contributed by atoms with van der Waals surface area (Å²) in [4.78, 5) is 12.0. The summed E-state index contributed by atoms with van der Waals surface area (Å²) in [7, 11) is 0. The van der Waals surface area contributed by atoms with Crippen LogP contribution in [0.5, 0.6) is 11.5 Å². The van der Waals surface area contributed by atoms with E-state index in [1.807, 2.05) is 25.1 Å². The molecule has 0 aliphatic rings. The molecule has 0 aromatic heterocycles. The van der Waals surface area contributed by atoms with Crippen LogP contribution < -0.4 is 11.1 Å². The molecule has 5 heteroatoms. The van der Waals surface area contributed by atoms with E-state index >= 15 is 0 Å². The molecular weight excluding hydrogens is 268 g/mol. The van der Waals surface area contributed by atoms with Crippen molar-refractivity contribution in [3.8, 4) is 11.5 Å². The Morgan fingerprint density at radius 2 is 1.95 bits per heavy atom. The van der Waals surface area contributed by atoms with Gasteiger partial charge in [-0.1, -0.05) is 18.2 Å². The van der Waals surface area contributed by atoms with Crippen LogP contribution in [0.4, 0.5) is 5.69 Å². The third-order valence-electron chi connectivity index (χ3n) is 3.12. The van der Waals surface area contributed by atoms with E-state index in [1.54, 1.807) is 12.1 Å². The lowest BCUT2D eigenvalue weighted by Crippen LogP contribution is -2.37.